The Labute approximate surface area is 57.6 Å². The summed E-state index contributed by atoms with van der Waals surface area (Å²) in [6.07, 6.45) is 2.97. The Kier molecular flexibility index (Phi) is 4.10. The summed E-state index contributed by atoms with van der Waals surface area (Å²) in [7, 11) is 3.96. The number of nitrogens with zero attached hydrogens (tertiary/aromatic N) is 2. The van der Waals surface area contributed by atoms with Crippen LogP contribution in [0.5, 0.6) is 0 Å². The number of aliphatic imine (C=N–C) groups is 1. The van der Waals surface area contributed by atoms with Crippen LogP contribution in [0.15, 0.2) is 4.99 Å². The van der Waals surface area contributed by atoms with Gasteiger partial charge in [0, 0.05) is 20.1 Å². The van der Waals surface area contributed by atoms with E-state index in [2.05, 4.69) is 18.8 Å². The Morgan fingerprint density at radius 1 is 1.56 bits per heavy atom. The topological polar surface area (TPSA) is 15.6 Å². The summed E-state index contributed by atoms with van der Waals surface area (Å²) in [6, 6.07) is 0.465. The quantitative estimate of drug-likeness (QED) is 0.414. The molecule has 1 unspecified atom stereocenters. The maximum atomic E-state index is 4.24. The lowest BCUT2D eigenvalue weighted by atomic mass is 10.3. The lowest BCUT2D eigenvalue weighted by molar-refractivity contribution is 0.622. The first-order valence-electron chi connectivity index (χ1n) is 3.36. The van der Waals surface area contributed by atoms with Gasteiger partial charge in [-0.2, -0.15) is 0 Å². The van der Waals surface area contributed by atoms with Crippen molar-refractivity contribution in [3.8, 4) is 0 Å². The molecule has 0 aliphatic rings. The van der Waals surface area contributed by atoms with E-state index in [1.54, 1.807) is 0 Å². The highest BCUT2D eigenvalue weighted by Gasteiger charge is 1.89. The molecule has 2 nitrogen and oxygen atoms in total. The molecule has 0 saturated heterocycles. The van der Waals surface area contributed by atoms with E-state index in [1.165, 1.54) is 0 Å². The highest BCUT2D eigenvalue weighted by molar-refractivity contribution is 5.53. The summed E-state index contributed by atoms with van der Waals surface area (Å²) in [5.74, 6) is 0. The molecule has 0 saturated carbocycles. The van der Waals surface area contributed by atoms with Gasteiger partial charge in [-0.05, 0) is 13.3 Å². The Balaban J connectivity index is 3.43. The molecular formula is C7H16N2. The van der Waals surface area contributed by atoms with Crippen molar-refractivity contribution < 1.29 is 0 Å². The van der Waals surface area contributed by atoms with Gasteiger partial charge < -0.3 is 4.90 Å². The smallest absolute Gasteiger partial charge is 0.0847 e. The molecule has 0 aromatic carbocycles. The van der Waals surface area contributed by atoms with E-state index in [-0.39, 0.29) is 0 Å². The van der Waals surface area contributed by atoms with Gasteiger partial charge in [0.2, 0.25) is 0 Å². The first-order chi connectivity index (χ1) is 4.16. The van der Waals surface area contributed by atoms with Crippen LogP contribution in [-0.4, -0.2) is 31.4 Å². The molecular weight excluding hydrogens is 112 g/mol. The Bertz CT molecular complexity index is 86.9. The first-order valence-corrected chi connectivity index (χ1v) is 3.36. The minimum atomic E-state index is 0.465. The maximum absolute atomic E-state index is 4.24. The van der Waals surface area contributed by atoms with Gasteiger partial charge >= 0.3 is 0 Å². The molecule has 0 amide bonds. The average Bonchev–Trinajstić information content (AvgIpc) is 1.83. The average molecular weight is 128 g/mol. The second-order valence-electron chi connectivity index (χ2n) is 2.49. The van der Waals surface area contributed by atoms with Gasteiger partial charge in [0.25, 0.3) is 0 Å². The summed E-state index contributed by atoms with van der Waals surface area (Å²) in [6.45, 7) is 4.25. The summed E-state index contributed by atoms with van der Waals surface area (Å²) >= 11 is 0. The van der Waals surface area contributed by atoms with Crippen molar-refractivity contribution in [1.82, 2.24) is 4.90 Å². The monoisotopic (exact) mass is 128 g/mol. The second kappa shape index (κ2) is 4.36. The number of hydrogen-bond donors (Lipinski definition) is 0. The van der Waals surface area contributed by atoms with Crippen LogP contribution >= 0.6 is 0 Å². The van der Waals surface area contributed by atoms with Crippen LogP contribution < -0.4 is 0 Å². The predicted octanol–water partition coefficient (Wildman–Crippen LogP) is 1.37. The van der Waals surface area contributed by atoms with Gasteiger partial charge in [0.15, 0.2) is 0 Å². The summed E-state index contributed by atoms with van der Waals surface area (Å²) in [4.78, 5) is 6.19. The van der Waals surface area contributed by atoms with Gasteiger partial charge in [-0.15, -0.1) is 0 Å². The van der Waals surface area contributed by atoms with Crippen molar-refractivity contribution in [1.29, 1.82) is 0 Å². The fraction of sp³-hybridized carbons (Fsp3) is 0.857. The van der Waals surface area contributed by atoms with Gasteiger partial charge in [0.1, 0.15) is 0 Å². The Morgan fingerprint density at radius 3 is 2.44 bits per heavy atom. The highest BCUT2D eigenvalue weighted by atomic mass is 15.1. The van der Waals surface area contributed by atoms with Crippen molar-refractivity contribution in [2.45, 2.75) is 26.3 Å². The molecule has 2 heteroatoms. The number of rotatable bonds is 3. The largest absolute Gasteiger partial charge is 0.369 e. The van der Waals surface area contributed by atoms with E-state index in [0.717, 1.165) is 6.42 Å². The Morgan fingerprint density at radius 2 is 2.11 bits per heavy atom. The maximum Gasteiger partial charge on any atom is 0.0847 e. The van der Waals surface area contributed by atoms with Crippen LogP contribution in [0.3, 0.4) is 0 Å². The zero-order valence-electron chi connectivity index (χ0n) is 6.76. The molecule has 0 fully saturated rings. The third-order valence-electron chi connectivity index (χ3n) is 1.14. The van der Waals surface area contributed by atoms with Crippen molar-refractivity contribution in [2.75, 3.05) is 14.1 Å². The van der Waals surface area contributed by atoms with E-state index in [9.17, 15) is 0 Å². The third-order valence-corrected chi connectivity index (χ3v) is 1.14. The van der Waals surface area contributed by atoms with Gasteiger partial charge in [0.05, 0.1) is 6.34 Å². The van der Waals surface area contributed by atoms with Crippen molar-refractivity contribution >= 4 is 6.34 Å². The SMILES string of the molecule is CCC(C)N=CN(C)C. The zero-order valence-corrected chi connectivity index (χ0v) is 6.76. The molecule has 0 radical (unpaired) electrons. The van der Waals surface area contributed by atoms with Gasteiger partial charge in [-0.1, -0.05) is 6.92 Å². The zero-order chi connectivity index (χ0) is 7.28. The van der Waals surface area contributed by atoms with Crippen LogP contribution in [0.2, 0.25) is 0 Å². The third kappa shape index (κ3) is 5.34. The molecule has 0 aromatic rings. The molecule has 54 valence electrons. The summed E-state index contributed by atoms with van der Waals surface area (Å²) < 4.78 is 0. The minimum Gasteiger partial charge on any atom is -0.369 e. The van der Waals surface area contributed by atoms with Crippen molar-refractivity contribution in [3.05, 3.63) is 0 Å². The second-order valence-corrected chi connectivity index (χ2v) is 2.49. The van der Waals surface area contributed by atoms with Crippen molar-refractivity contribution in [2.24, 2.45) is 4.99 Å². The van der Waals surface area contributed by atoms with Crippen LogP contribution in [0.1, 0.15) is 20.3 Å². The van der Waals surface area contributed by atoms with Crippen LogP contribution in [-0.2, 0) is 0 Å². The standard InChI is InChI=1S/C7H16N2/c1-5-7(2)8-6-9(3)4/h6-7H,5H2,1-4H3. The molecule has 0 aliphatic carbocycles. The highest BCUT2D eigenvalue weighted by Crippen LogP contribution is 1.92. The van der Waals surface area contributed by atoms with Crippen molar-refractivity contribution in [3.63, 3.8) is 0 Å². The van der Waals surface area contributed by atoms with Crippen LogP contribution in [0.25, 0.3) is 0 Å². The van der Waals surface area contributed by atoms with E-state index >= 15 is 0 Å². The summed E-state index contributed by atoms with van der Waals surface area (Å²) in [5.41, 5.74) is 0. The lowest BCUT2D eigenvalue weighted by Gasteiger charge is -2.05. The van der Waals surface area contributed by atoms with E-state index < -0.39 is 0 Å². The predicted molar refractivity (Wildman–Crippen MR) is 41.9 cm³/mol. The fourth-order valence-electron chi connectivity index (χ4n) is 0.353. The molecule has 0 bridgehead atoms. The van der Waals surface area contributed by atoms with E-state index in [4.69, 9.17) is 0 Å². The summed E-state index contributed by atoms with van der Waals surface area (Å²) in [5, 5.41) is 0. The van der Waals surface area contributed by atoms with Gasteiger partial charge in [-0.3, -0.25) is 4.99 Å². The lowest BCUT2D eigenvalue weighted by Crippen LogP contribution is -2.10. The van der Waals surface area contributed by atoms with Crippen LogP contribution in [0.4, 0.5) is 0 Å². The normalized spacial score (nSPS) is 14.2. The molecule has 0 aliphatic heterocycles. The molecule has 0 aromatic heterocycles. The molecule has 9 heavy (non-hydrogen) atoms. The number of hydrogen-bond acceptors (Lipinski definition) is 1. The van der Waals surface area contributed by atoms with E-state index in [0.29, 0.717) is 6.04 Å². The first kappa shape index (κ1) is 8.47. The molecule has 0 spiro atoms. The molecule has 0 rings (SSSR count). The molecule has 0 heterocycles. The molecule has 0 N–H and O–H groups in total. The Hall–Kier alpha value is -0.530. The van der Waals surface area contributed by atoms with Gasteiger partial charge in [-0.25, -0.2) is 0 Å². The van der Waals surface area contributed by atoms with Crippen LogP contribution in [0, 0.1) is 0 Å². The molecule has 1 atom stereocenters. The van der Waals surface area contributed by atoms with E-state index in [1.807, 2.05) is 25.3 Å². The minimum absolute atomic E-state index is 0.465. The fourth-order valence-corrected chi connectivity index (χ4v) is 0.353.